The van der Waals surface area contributed by atoms with Crippen molar-refractivity contribution in [3.05, 3.63) is 57.6 Å². The molecule has 5 heteroatoms. The van der Waals surface area contributed by atoms with E-state index in [-0.39, 0.29) is 33.7 Å². The highest BCUT2D eigenvalue weighted by Crippen LogP contribution is 2.42. The molecule has 2 rings (SSSR count). The van der Waals surface area contributed by atoms with E-state index in [4.69, 9.17) is 0 Å². The number of nitrogens with one attached hydrogen (secondary N) is 3. The first-order valence-electron chi connectivity index (χ1n) is 17.6. The van der Waals surface area contributed by atoms with Gasteiger partial charge in [-0.15, -0.1) is 0 Å². The summed E-state index contributed by atoms with van der Waals surface area (Å²) in [5.74, 6) is 0.898. The van der Waals surface area contributed by atoms with E-state index in [0.29, 0.717) is 11.5 Å². The first-order chi connectivity index (χ1) is 20.6. The Balaban J connectivity index is 1.90. The molecule has 2 aromatic rings. The number of hydrogen-bond acceptors (Lipinski definition) is 5. The van der Waals surface area contributed by atoms with Gasteiger partial charge < -0.3 is 26.2 Å². The molecule has 45 heavy (non-hydrogen) atoms. The molecule has 0 heterocycles. The monoisotopic (exact) mass is 624 g/mol. The highest BCUT2D eigenvalue weighted by Gasteiger charge is 2.29. The minimum atomic E-state index is -0.122. The number of rotatable bonds is 14. The molecule has 2 aromatic carbocycles. The third-order valence-electron chi connectivity index (χ3n) is 8.96. The zero-order valence-corrected chi connectivity index (χ0v) is 31.5. The van der Waals surface area contributed by atoms with E-state index in [1.165, 1.54) is 11.1 Å². The summed E-state index contributed by atoms with van der Waals surface area (Å²) in [6.07, 6.45) is 4.14. The molecule has 0 aliphatic heterocycles. The maximum absolute atomic E-state index is 11.1. The fourth-order valence-corrected chi connectivity index (χ4v) is 6.10. The van der Waals surface area contributed by atoms with Gasteiger partial charge in [0.25, 0.3) is 0 Å². The zero-order chi connectivity index (χ0) is 34.4. The average molecular weight is 624 g/mol. The zero-order valence-electron chi connectivity index (χ0n) is 31.5. The lowest BCUT2D eigenvalue weighted by atomic mass is 9.77. The van der Waals surface area contributed by atoms with Crippen LogP contribution in [0.5, 0.6) is 11.5 Å². The lowest BCUT2D eigenvalue weighted by Gasteiger charge is -2.30. The number of phenols is 2. The number of hydrogen-bond donors (Lipinski definition) is 5. The molecule has 5 N–H and O–H groups in total. The van der Waals surface area contributed by atoms with Crippen molar-refractivity contribution in [2.75, 3.05) is 26.2 Å². The maximum Gasteiger partial charge on any atom is 0.123 e. The molecule has 2 atom stereocenters. The van der Waals surface area contributed by atoms with Crippen LogP contribution >= 0.6 is 0 Å². The van der Waals surface area contributed by atoms with Crippen molar-refractivity contribution < 1.29 is 10.2 Å². The molecular weight excluding hydrogens is 554 g/mol. The van der Waals surface area contributed by atoms with Crippen LogP contribution in [0, 0.1) is 0 Å². The number of aromatic hydroxyl groups is 2. The van der Waals surface area contributed by atoms with Gasteiger partial charge >= 0.3 is 0 Å². The molecule has 0 saturated heterocycles. The molecule has 0 aliphatic carbocycles. The van der Waals surface area contributed by atoms with Crippen LogP contribution in [0.3, 0.4) is 0 Å². The van der Waals surface area contributed by atoms with Crippen molar-refractivity contribution in [3.8, 4) is 11.5 Å². The molecule has 0 saturated carbocycles. The van der Waals surface area contributed by atoms with Gasteiger partial charge in [0.2, 0.25) is 0 Å². The summed E-state index contributed by atoms with van der Waals surface area (Å²) in [5.41, 5.74) is 6.17. The predicted molar refractivity (Wildman–Crippen MR) is 195 cm³/mol. The van der Waals surface area contributed by atoms with E-state index in [0.717, 1.165) is 74.1 Å². The van der Waals surface area contributed by atoms with Gasteiger partial charge in [-0.05, 0) is 131 Å². The lowest BCUT2D eigenvalue weighted by molar-refractivity contribution is 0.419. The Kier molecular flexibility index (Phi) is 13.6. The third-order valence-corrected chi connectivity index (χ3v) is 8.96. The van der Waals surface area contributed by atoms with Crippen molar-refractivity contribution in [2.24, 2.45) is 0 Å². The van der Waals surface area contributed by atoms with Crippen molar-refractivity contribution >= 4 is 0 Å². The Labute approximate surface area is 277 Å². The second-order valence-electron chi connectivity index (χ2n) is 17.2. The van der Waals surface area contributed by atoms with Crippen molar-refractivity contribution in [2.45, 2.75) is 156 Å². The summed E-state index contributed by atoms with van der Waals surface area (Å²) < 4.78 is 0. The van der Waals surface area contributed by atoms with Gasteiger partial charge in [-0.3, -0.25) is 0 Å². The SMILES string of the molecule is CCC(NCCCNCCCNC(CC)c1cc(C(C)(C)C)c(O)c(C(C)(C)C)c1)c1cc(C(C)(C)C)c(O)c(C(C)(C)C)c1. The topological polar surface area (TPSA) is 76.5 Å². The molecule has 0 amide bonds. The number of benzene rings is 2. The Morgan fingerprint density at radius 2 is 0.756 bits per heavy atom. The van der Waals surface area contributed by atoms with Crippen molar-refractivity contribution in [3.63, 3.8) is 0 Å². The summed E-state index contributed by atoms with van der Waals surface area (Å²) in [7, 11) is 0. The molecule has 0 radical (unpaired) electrons. The van der Waals surface area contributed by atoms with Gasteiger partial charge in [-0.1, -0.05) is 96.9 Å². The molecule has 0 fully saturated rings. The quantitative estimate of drug-likeness (QED) is 0.136. The van der Waals surface area contributed by atoms with Gasteiger partial charge in [-0.2, -0.15) is 0 Å². The van der Waals surface area contributed by atoms with Crippen LogP contribution in [0.15, 0.2) is 24.3 Å². The highest BCUT2D eigenvalue weighted by molar-refractivity contribution is 5.51. The first-order valence-corrected chi connectivity index (χ1v) is 17.6. The summed E-state index contributed by atoms with van der Waals surface area (Å²) in [6, 6.07) is 9.39. The van der Waals surface area contributed by atoms with Crippen LogP contribution in [-0.2, 0) is 21.7 Å². The van der Waals surface area contributed by atoms with E-state index in [1.54, 1.807) is 0 Å². The van der Waals surface area contributed by atoms with Crippen LogP contribution in [0.2, 0.25) is 0 Å². The standard InChI is InChI=1S/C40H69N3O2/c1-15-33(27-23-29(37(3,4)5)35(44)30(24-27)38(6,7)8)42-21-17-19-41-20-18-22-43-34(16-2)28-25-31(39(9,10)11)36(45)32(26-28)40(12,13)14/h23-26,33-34,41-45H,15-22H2,1-14H3. The summed E-state index contributed by atoms with van der Waals surface area (Å²) in [6.45, 7) is 34.4. The molecule has 256 valence electrons. The van der Waals surface area contributed by atoms with Crippen LogP contribution in [0.25, 0.3) is 0 Å². The van der Waals surface area contributed by atoms with E-state index < -0.39 is 0 Å². The summed E-state index contributed by atoms with van der Waals surface area (Å²) in [4.78, 5) is 0. The molecule has 0 bridgehead atoms. The molecule has 0 aromatic heterocycles. The Hall–Kier alpha value is -2.08. The summed E-state index contributed by atoms with van der Waals surface area (Å²) >= 11 is 0. The predicted octanol–water partition coefficient (Wildman–Crippen LogP) is 9.44. The van der Waals surface area contributed by atoms with Gasteiger partial charge in [0.15, 0.2) is 0 Å². The lowest BCUT2D eigenvalue weighted by Crippen LogP contribution is -2.29. The van der Waals surface area contributed by atoms with E-state index in [1.807, 2.05) is 0 Å². The van der Waals surface area contributed by atoms with Crippen molar-refractivity contribution in [1.29, 1.82) is 0 Å². The molecule has 0 spiro atoms. The molecule has 0 aliphatic rings. The molecular formula is C40H69N3O2. The summed E-state index contributed by atoms with van der Waals surface area (Å²) in [5, 5.41) is 33.5. The molecule has 5 nitrogen and oxygen atoms in total. The Morgan fingerprint density at radius 1 is 0.489 bits per heavy atom. The third kappa shape index (κ3) is 11.0. The van der Waals surface area contributed by atoms with Gasteiger partial charge in [0, 0.05) is 12.1 Å². The average Bonchev–Trinajstić information content (AvgIpc) is 2.90. The van der Waals surface area contributed by atoms with Gasteiger partial charge in [0.1, 0.15) is 11.5 Å². The largest absolute Gasteiger partial charge is 0.507 e. The van der Waals surface area contributed by atoms with Gasteiger partial charge in [0.05, 0.1) is 0 Å². The van der Waals surface area contributed by atoms with Crippen LogP contribution in [-0.4, -0.2) is 36.4 Å². The normalized spacial score (nSPS) is 14.5. The first kappa shape index (κ1) is 39.1. The van der Waals surface area contributed by atoms with E-state index in [2.05, 4.69) is 137 Å². The second-order valence-corrected chi connectivity index (χ2v) is 17.2. The van der Waals surface area contributed by atoms with Gasteiger partial charge in [-0.25, -0.2) is 0 Å². The minimum absolute atomic E-state index is 0.122. The van der Waals surface area contributed by atoms with Crippen LogP contribution in [0.4, 0.5) is 0 Å². The number of phenolic OH excluding ortho intramolecular Hbond substituents is 2. The van der Waals surface area contributed by atoms with Crippen molar-refractivity contribution in [1.82, 2.24) is 16.0 Å². The fraction of sp³-hybridized carbons (Fsp3) is 0.700. The second kappa shape index (κ2) is 15.7. The van der Waals surface area contributed by atoms with E-state index >= 15 is 0 Å². The Morgan fingerprint density at radius 3 is 0.978 bits per heavy atom. The van der Waals surface area contributed by atoms with Crippen LogP contribution in [0.1, 0.15) is 168 Å². The van der Waals surface area contributed by atoms with Crippen LogP contribution < -0.4 is 16.0 Å². The fourth-order valence-electron chi connectivity index (χ4n) is 6.10. The highest BCUT2D eigenvalue weighted by atomic mass is 16.3. The minimum Gasteiger partial charge on any atom is -0.507 e. The maximum atomic E-state index is 11.1. The molecule has 2 unspecified atom stereocenters. The van der Waals surface area contributed by atoms with E-state index in [9.17, 15) is 10.2 Å². The smallest absolute Gasteiger partial charge is 0.123 e. The Bertz CT molecular complexity index is 1060.